The Morgan fingerprint density at radius 2 is 1.29 bits per heavy atom. The van der Waals surface area contributed by atoms with Crippen LogP contribution in [0.5, 0.6) is 0 Å². The Morgan fingerprint density at radius 3 is 1.67 bits per heavy atom. The molecule has 0 aromatic heterocycles. The summed E-state index contributed by atoms with van der Waals surface area (Å²) in [6.45, 7) is 0.854. The molecule has 0 amide bonds. The summed E-state index contributed by atoms with van der Waals surface area (Å²) in [5.41, 5.74) is 1.99. The van der Waals surface area contributed by atoms with Crippen LogP contribution in [-0.2, 0) is 23.3 Å². The molecule has 4 N–H and O–H groups in total. The van der Waals surface area contributed by atoms with Gasteiger partial charge in [-0.1, -0.05) is 60.7 Å². The molecule has 0 radical (unpaired) electrons. The number of hydrazine groups is 2. The number of benzene rings is 2. The molecule has 112 valence electrons. The molecule has 0 spiro atoms. The first-order valence-corrected chi connectivity index (χ1v) is 7.90. The first kappa shape index (κ1) is 15.6. The quantitative estimate of drug-likeness (QED) is 0.524. The van der Waals surface area contributed by atoms with Crippen LogP contribution in [-0.4, -0.2) is 13.4 Å². The van der Waals surface area contributed by atoms with Crippen molar-refractivity contribution in [1.29, 1.82) is 0 Å². The zero-order valence-electron chi connectivity index (χ0n) is 11.4. The molecule has 0 saturated heterocycles. The highest BCUT2D eigenvalue weighted by atomic mass is 32.2. The predicted molar refractivity (Wildman–Crippen MR) is 81.5 cm³/mol. The molecule has 0 atom stereocenters. The number of nitrogens with one attached hydrogen (secondary N) is 2. The fourth-order valence-electron chi connectivity index (χ4n) is 1.92. The molecule has 2 aromatic carbocycles. The smallest absolute Gasteiger partial charge is 0.257 e. The highest BCUT2D eigenvalue weighted by Gasteiger charge is 2.14. The van der Waals surface area contributed by atoms with Gasteiger partial charge in [0.25, 0.3) is 0 Å². The van der Waals surface area contributed by atoms with Crippen LogP contribution in [0, 0.1) is 0 Å². The molecule has 0 aliphatic carbocycles. The van der Waals surface area contributed by atoms with Crippen LogP contribution >= 0.6 is 0 Å². The first-order chi connectivity index (χ1) is 10.1. The van der Waals surface area contributed by atoms with E-state index in [9.17, 15) is 8.42 Å². The van der Waals surface area contributed by atoms with E-state index in [1.165, 1.54) is 0 Å². The molecule has 0 bridgehead atoms. The zero-order valence-corrected chi connectivity index (χ0v) is 12.3. The first-order valence-electron chi connectivity index (χ1n) is 6.41. The van der Waals surface area contributed by atoms with Gasteiger partial charge in [-0.2, -0.15) is 8.42 Å². The average molecular weight is 306 g/mol. The van der Waals surface area contributed by atoms with Crippen molar-refractivity contribution in [1.82, 2.24) is 14.7 Å². The summed E-state index contributed by atoms with van der Waals surface area (Å²) in [6, 6.07) is 19.2. The van der Waals surface area contributed by atoms with Crippen LogP contribution in [0.4, 0.5) is 0 Å². The SMILES string of the molecule is NNS(=O)(=O)NN(Cc1ccccc1)Cc1ccccc1. The van der Waals surface area contributed by atoms with Gasteiger partial charge >= 0.3 is 10.2 Å². The summed E-state index contributed by atoms with van der Waals surface area (Å²) in [4.78, 5) is 4.17. The molecule has 0 aliphatic rings. The Kier molecular flexibility index (Phi) is 5.43. The van der Waals surface area contributed by atoms with E-state index in [0.717, 1.165) is 11.1 Å². The van der Waals surface area contributed by atoms with Gasteiger partial charge in [0.05, 0.1) is 0 Å². The maximum atomic E-state index is 11.6. The van der Waals surface area contributed by atoms with Gasteiger partial charge in [-0.05, 0) is 11.1 Å². The Bertz CT molecular complexity index is 606. The summed E-state index contributed by atoms with van der Waals surface area (Å²) >= 11 is 0. The van der Waals surface area contributed by atoms with Gasteiger partial charge in [0, 0.05) is 13.1 Å². The van der Waals surface area contributed by atoms with Crippen molar-refractivity contribution in [2.24, 2.45) is 5.84 Å². The summed E-state index contributed by atoms with van der Waals surface area (Å²) in [6.07, 6.45) is 0. The van der Waals surface area contributed by atoms with Crippen LogP contribution in [0.2, 0.25) is 0 Å². The Labute approximate surface area is 124 Å². The van der Waals surface area contributed by atoms with Gasteiger partial charge in [0.1, 0.15) is 0 Å². The van der Waals surface area contributed by atoms with Gasteiger partial charge in [-0.15, -0.1) is 9.66 Å². The topological polar surface area (TPSA) is 87.5 Å². The number of hydrogen-bond donors (Lipinski definition) is 3. The van der Waals surface area contributed by atoms with Crippen LogP contribution in [0.25, 0.3) is 0 Å². The summed E-state index contributed by atoms with van der Waals surface area (Å²) in [7, 11) is -3.76. The van der Waals surface area contributed by atoms with Gasteiger partial charge < -0.3 is 0 Å². The van der Waals surface area contributed by atoms with Crippen molar-refractivity contribution in [3.8, 4) is 0 Å². The second-order valence-corrected chi connectivity index (χ2v) is 5.96. The molecule has 0 aliphatic heterocycles. The van der Waals surface area contributed by atoms with E-state index < -0.39 is 10.2 Å². The minimum Gasteiger partial charge on any atom is -0.257 e. The van der Waals surface area contributed by atoms with Crippen molar-refractivity contribution >= 4 is 10.2 Å². The lowest BCUT2D eigenvalue weighted by atomic mass is 10.2. The molecule has 7 heteroatoms. The largest absolute Gasteiger partial charge is 0.302 e. The van der Waals surface area contributed by atoms with Crippen molar-refractivity contribution in [3.05, 3.63) is 71.8 Å². The van der Waals surface area contributed by atoms with E-state index in [1.807, 2.05) is 60.7 Å². The maximum Gasteiger partial charge on any atom is 0.302 e. The van der Waals surface area contributed by atoms with Gasteiger partial charge in [-0.3, -0.25) is 5.84 Å². The predicted octanol–water partition coefficient (Wildman–Crippen LogP) is 0.902. The third kappa shape index (κ3) is 5.25. The van der Waals surface area contributed by atoms with Crippen molar-refractivity contribution < 1.29 is 8.42 Å². The van der Waals surface area contributed by atoms with E-state index in [-0.39, 0.29) is 0 Å². The third-order valence-electron chi connectivity index (χ3n) is 2.84. The molecule has 0 saturated carbocycles. The summed E-state index contributed by atoms with van der Waals surface area (Å²) in [5.74, 6) is 5.01. The second-order valence-electron chi connectivity index (χ2n) is 4.54. The number of rotatable bonds is 7. The van der Waals surface area contributed by atoms with Crippen molar-refractivity contribution in [3.63, 3.8) is 0 Å². The second kappa shape index (κ2) is 7.30. The van der Waals surface area contributed by atoms with Gasteiger partial charge in [0.2, 0.25) is 0 Å². The molecule has 21 heavy (non-hydrogen) atoms. The fourth-order valence-corrected chi connectivity index (χ4v) is 2.45. The number of nitrogens with zero attached hydrogens (tertiary/aromatic N) is 1. The van der Waals surface area contributed by atoms with E-state index >= 15 is 0 Å². The third-order valence-corrected chi connectivity index (χ3v) is 3.65. The maximum absolute atomic E-state index is 11.6. The van der Waals surface area contributed by atoms with E-state index in [2.05, 4.69) is 4.83 Å². The Morgan fingerprint density at radius 1 is 0.857 bits per heavy atom. The normalized spacial score (nSPS) is 11.7. The molecule has 0 unspecified atom stereocenters. The number of hydrogen-bond acceptors (Lipinski definition) is 4. The lowest BCUT2D eigenvalue weighted by molar-refractivity contribution is 0.221. The zero-order chi connectivity index (χ0) is 15.1. The van der Waals surface area contributed by atoms with Crippen molar-refractivity contribution in [2.75, 3.05) is 0 Å². The summed E-state index contributed by atoms with van der Waals surface area (Å²) < 4.78 is 23.2. The van der Waals surface area contributed by atoms with Crippen LogP contribution in [0.1, 0.15) is 11.1 Å². The van der Waals surface area contributed by atoms with Gasteiger partial charge in [-0.25, -0.2) is 5.01 Å². The van der Waals surface area contributed by atoms with Crippen LogP contribution in [0.3, 0.4) is 0 Å². The monoisotopic (exact) mass is 306 g/mol. The molecular weight excluding hydrogens is 288 g/mol. The van der Waals surface area contributed by atoms with E-state index in [4.69, 9.17) is 5.84 Å². The molecule has 2 aromatic rings. The van der Waals surface area contributed by atoms with Gasteiger partial charge in [0.15, 0.2) is 0 Å². The van der Waals surface area contributed by atoms with Crippen LogP contribution in [0.15, 0.2) is 60.7 Å². The molecule has 0 heterocycles. The summed E-state index contributed by atoms with van der Waals surface area (Å²) in [5, 5.41) is 1.58. The fraction of sp³-hybridized carbons (Fsp3) is 0.143. The highest BCUT2D eigenvalue weighted by molar-refractivity contribution is 7.87. The highest BCUT2D eigenvalue weighted by Crippen LogP contribution is 2.08. The van der Waals surface area contributed by atoms with Crippen molar-refractivity contribution in [2.45, 2.75) is 13.1 Å². The lowest BCUT2D eigenvalue weighted by Crippen LogP contribution is -2.49. The standard InChI is InChI=1S/C14H18N4O2S/c15-16-21(19,20)17-18(11-13-7-3-1-4-8-13)12-14-9-5-2-6-10-14/h1-10,16-17H,11-12,15H2. The number of nitrogens with two attached hydrogens (primary N) is 1. The molecule has 6 nitrogen and oxygen atoms in total. The van der Waals surface area contributed by atoms with E-state index in [1.54, 1.807) is 9.84 Å². The minimum atomic E-state index is -3.76. The minimum absolute atomic E-state index is 0.427. The lowest BCUT2D eigenvalue weighted by Gasteiger charge is -2.22. The van der Waals surface area contributed by atoms with Crippen LogP contribution < -0.4 is 15.5 Å². The Hall–Kier alpha value is -1.77. The Balaban J connectivity index is 2.14. The average Bonchev–Trinajstić information content (AvgIpc) is 2.49. The molecular formula is C14H18N4O2S. The molecule has 2 rings (SSSR count). The molecule has 0 fully saturated rings. The van der Waals surface area contributed by atoms with E-state index in [0.29, 0.717) is 13.1 Å².